The lowest BCUT2D eigenvalue weighted by atomic mass is 10.1. The summed E-state index contributed by atoms with van der Waals surface area (Å²) in [7, 11) is 0. The lowest BCUT2D eigenvalue weighted by Gasteiger charge is -2.39. The average Bonchev–Trinajstić information content (AvgIpc) is 3.36. The summed E-state index contributed by atoms with van der Waals surface area (Å²) in [5.74, 6) is -2.40. The van der Waals surface area contributed by atoms with E-state index in [0.29, 0.717) is 36.8 Å². The van der Waals surface area contributed by atoms with E-state index in [2.05, 4.69) is 24.8 Å². The number of amides is 1. The summed E-state index contributed by atoms with van der Waals surface area (Å²) in [4.78, 5) is 37.9. The summed E-state index contributed by atoms with van der Waals surface area (Å²) in [5.41, 5.74) is 4.79. The van der Waals surface area contributed by atoms with Crippen LogP contribution < -0.4 is 4.90 Å². The highest BCUT2D eigenvalue weighted by molar-refractivity contribution is 5.81. The van der Waals surface area contributed by atoms with Crippen LogP contribution in [0.4, 0.5) is 27.8 Å². The second kappa shape index (κ2) is 11.1. The molecule has 3 aromatic heterocycles. The Morgan fingerprint density at radius 1 is 1.02 bits per heavy atom. The average molecular weight is 601 g/mol. The van der Waals surface area contributed by atoms with Crippen molar-refractivity contribution in [2.24, 2.45) is 0 Å². The van der Waals surface area contributed by atoms with Gasteiger partial charge in [0.15, 0.2) is 0 Å². The van der Waals surface area contributed by atoms with Crippen molar-refractivity contribution in [3.05, 3.63) is 66.0 Å². The van der Waals surface area contributed by atoms with Crippen molar-refractivity contribution >= 4 is 22.8 Å². The monoisotopic (exact) mass is 600 g/mol. The van der Waals surface area contributed by atoms with Crippen LogP contribution >= 0.6 is 0 Å². The molecule has 2 saturated heterocycles. The first kappa shape index (κ1) is 28.9. The highest BCUT2D eigenvalue weighted by Gasteiger charge is 2.44. The summed E-state index contributed by atoms with van der Waals surface area (Å²) in [6, 6.07) is 11.2. The van der Waals surface area contributed by atoms with Gasteiger partial charge in [-0.15, -0.1) is 0 Å². The first-order valence-corrected chi connectivity index (χ1v) is 13.9. The molecule has 226 valence electrons. The molecule has 2 aliphatic heterocycles. The molecule has 1 unspecified atom stereocenters. The van der Waals surface area contributed by atoms with Crippen molar-refractivity contribution in [2.75, 3.05) is 44.2 Å². The molecular weight excluding hydrogens is 571 g/mol. The molecule has 2 fully saturated rings. The van der Waals surface area contributed by atoms with Crippen molar-refractivity contribution in [3.63, 3.8) is 0 Å². The Hall–Kier alpha value is -4.20. The smallest absolute Gasteiger partial charge is 0.344 e. The Morgan fingerprint density at radius 3 is 2.51 bits per heavy atom. The number of carbonyl (C=O) groups excluding carboxylic acids is 1. The van der Waals surface area contributed by atoms with E-state index in [0.717, 1.165) is 27.9 Å². The predicted octanol–water partition coefficient (Wildman–Crippen LogP) is 4.62. The number of alkyl halides is 5. The van der Waals surface area contributed by atoms with E-state index in [1.54, 1.807) is 12.3 Å². The minimum absolute atomic E-state index is 0.0138. The van der Waals surface area contributed by atoms with E-state index < -0.39 is 24.4 Å². The SMILES string of the molecule is CC(c1ccnc(Cc2nc3ccc(-c4cc(N5CC(F)(F)C5)ncn4)cc3[nH]2)c1)N1CCN(C(=O)CC(F)(F)F)CC1. The van der Waals surface area contributed by atoms with Crippen LogP contribution in [0.15, 0.2) is 48.9 Å². The molecule has 2 aliphatic rings. The highest BCUT2D eigenvalue weighted by atomic mass is 19.4. The topological polar surface area (TPSA) is 94.1 Å². The zero-order valence-electron chi connectivity index (χ0n) is 23.3. The fraction of sp³-hybridized carbons (Fsp3) is 0.414. The van der Waals surface area contributed by atoms with E-state index in [1.165, 1.54) is 16.1 Å². The van der Waals surface area contributed by atoms with Crippen LogP contribution in [-0.2, 0) is 11.2 Å². The fourth-order valence-corrected chi connectivity index (χ4v) is 5.54. The Bertz CT molecular complexity index is 1620. The third-order valence-corrected chi connectivity index (χ3v) is 7.89. The Kier molecular flexibility index (Phi) is 7.48. The van der Waals surface area contributed by atoms with Crippen LogP contribution in [0, 0.1) is 0 Å². The van der Waals surface area contributed by atoms with Gasteiger partial charge in [-0.3, -0.25) is 14.7 Å². The molecule has 43 heavy (non-hydrogen) atoms. The van der Waals surface area contributed by atoms with E-state index in [1.807, 2.05) is 37.3 Å². The fourth-order valence-electron chi connectivity index (χ4n) is 5.54. The highest BCUT2D eigenvalue weighted by Crippen LogP contribution is 2.32. The molecule has 0 radical (unpaired) electrons. The number of fused-ring (bicyclic) bond motifs is 1. The van der Waals surface area contributed by atoms with Gasteiger partial charge in [-0.25, -0.2) is 23.7 Å². The summed E-state index contributed by atoms with van der Waals surface area (Å²) in [6.07, 6.45) is -2.38. The normalized spacial score (nSPS) is 18.1. The number of H-pyrrole nitrogens is 1. The lowest BCUT2D eigenvalue weighted by Crippen LogP contribution is -2.56. The first-order valence-electron chi connectivity index (χ1n) is 13.9. The summed E-state index contributed by atoms with van der Waals surface area (Å²) >= 11 is 0. The molecule has 1 N–H and O–H groups in total. The number of aromatic amines is 1. The van der Waals surface area contributed by atoms with Gasteiger partial charge in [0, 0.05) is 62.2 Å². The number of piperazine rings is 1. The number of carbonyl (C=O) groups is 1. The third-order valence-electron chi connectivity index (χ3n) is 7.89. The molecule has 9 nitrogen and oxygen atoms in total. The van der Waals surface area contributed by atoms with Gasteiger partial charge >= 0.3 is 6.18 Å². The van der Waals surface area contributed by atoms with Crippen molar-refractivity contribution < 1.29 is 26.7 Å². The number of hydrogen-bond donors (Lipinski definition) is 1. The Morgan fingerprint density at radius 2 is 1.79 bits per heavy atom. The number of nitrogens with zero attached hydrogens (tertiary/aromatic N) is 7. The van der Waals surface area contributed by atoms with E-state index in [4.69, 9.17) is 4.98 Å². The van der Waals surface area contributed by atoms with Crippen molar-refractivity contribution in [2.45, 2.75) is 37.9 Å². The molecule has 1 aromatic carbocycles. The number of benzene rings is 1. The van der Waals surface area contributed by atoms with Gasteiger partial charge in [-0.2, -0.15) is 13.2 Å². The van der Waals surface area contributed by atoms with Crippen molar-refractivity contribution in [1.82, 2.24) is 34.7 Å². The molecule has 1 amide bonds. The zero-order valence-corrected chi connectivity index (χ0v) is 23.3. The van der Waals surface area contributed by atoms with Crippen LogP contribution in [0.5, 0.6) is 0 Å². The molecule has 0 saturated carbocycles. The Labute approximate surface area is 243 Å². The zero-order chi connectivity index (χ0) is 30.4. The minimum atomic E-state index is -4.50. The molecule has 5 heterocycles. The largest absolute Gasteiger partial charge is 0.397 e. The van der Waals surface area contributed by atoms with Gasteiger partial charge < -0.3 is 14.8 Å². The maximum atomic E-state index is 13.3. The number of halogens is 5. The minimum Gasteiger partial charge on any atom is -0.344 e. The van der Waals surface area contributed by atoms with Crippen LogP contribution in [-0.4, -0.2) is 92.0 Å². The quantitative estimate of drug-likeness (QED) is 0.310. The molecule has 0 aliphatic carbocycles. The van der Waals surface area contributed by atoms with Crippen LogP contribution in [0.25, 0.3) is 22.3 Å². The molecule has 0 bridgehead atoms. The standard InChI is InChI=1S/C29H29F5N8O/c1-18(40-6-8-41(9-7-40)27(43)14-29(32,33)34)19-4-5-35-21(10-19)12-25-38-22-3-2-20(11-24(22)39-25)23-13-26(37-17-36-23)42-15-28(30,31)16-42/h2-5,10-11,13,17-18H,6-9,12,14-16H2,1H3,(H,38,39). The molecule has 14 heteroatoms. The van der Waals surface area contributed by atoms with Gasteiger partial charge in [0.2, 0.25) is 5.91 Å². The molecular formula is C29H29F5N8O. The summed E-state index contributed by atoms with van der Waals surface area (Å²) < 4.78 is 64.4. The van der Waals surface area contributed by atoms with Gasteiger partial charge in [0.25, 0.3) is 5.92 Å². The Balaban J connectivity index is 1.11. The van der Waals surface area contributed by atoms with Gasteiger partial charge in [0.05, 0.1) is 29.8 Å². The maximum Gasteiger partial charge on any atom is 0.397 e. The van der Waals surface area contributed by atoms with E-state index in [-0.39, 0.29) is 32.2 Å². The molecule has 6 rings (SSSR count). The second-order valence-corrected chi connectivity index (χ2v) is 11.0. The number of imidazole rings is 1. The van der Waals surface area contributed by atoms with Crippen LogP contribution in [0.3, 0.4) is 0 Å². The number of hydrogen-bond acceptors (Lipinski definition) is 7. The van der Waals surface area contributed by atoms with E-state index >= 15 is 0 Å². The van der Waals surface area contributed by atoms with Crippen molar-refractivity contribution in [1.29, 1.82) is 0 Å². The number of pyridine rings is 1. The van der Waals surface area contributed by atoms with Crippen LogP contribution in [0.2, 0.25) is 0 Å². The number of rotatable bonds is 7. The number of nitrogens with one attached hydrogen (secondary N) is 1. The maximum absolute atomic E-state index is 13.3. The lowest BCUT2D eigenvalue weighted by molar-refractivity contribution is -0.162. The third kappa shape index (κ3) is 6.58. The first-order chi connectivity index (χ1) is 20.4. The summed E-state index contributed by atoms with van der Waals surface area (Å²) in [5, 5.41) is 0. The molecule has 4 aromatic rings. The van der Waals surface area contributed by atoms with Crippen molar-refractivity contribution in [3.8, 4) is 11.3 Å². The van der Waals surface area contributed by atoms with Gasteiger partial charge in [-0.05, 0) is 36.8 Å². The predicted molar refractivity (Wildman–Crippen MR) is 149 cm³/mol. The number of anilines is 1. The molecule has 1 atom stereocenters. The summed E-state index contributed by atoms with van der Waals surface area (Å²) in [6.45, 7) is 2.78. The van der Waals surface area contributed by atoms with Gasteiger partial charge in [-0.1, -0.05) is 6.07 Å². The molecule has 0 spiro atoms. The number of aromatic nitrogens is 5. The van der Waals surface area contributed by atoms with Crippen LogP contribution in [0.1, 0.15) is 36.5 Å². The second-order valence-electron chi connectivity index (χ2n) is 11.0. The van der Waals surface area contributed by atoms with E-state index in [9.17, 15) is 26.7 Å². The van der Waals surface area contributed by atoms with Gasteiger partial charge in [0.1, 0.15) is 24.4 Å².